The number of nitrogens with zero attached hydrogens (tertiary/aromatic N) is 1. The third kappa shape index (κ3) is 5.04. The number of hydrogen-bond acceptors (Lipinski definition) is 4. The molecule has 24 heavy (non-hydrogen) atoms. The van der Waals surface area contributed by atoms with Crippen LogP contribution in [0, 0.1) is 6.92 Å². The lowest BCUT2D eigenvalue weighted by Crippen LogP contribution is -2.47. The minimum atomic E-state index is -0.540. The first kappa shape index (κ1) is 18.4. The summed E-state index contributed by atoms with van der Waals surface area (Å²) in [6, 6.07) is 9.44. The molecule has 3 N–H and O–H groups in total. The van der Waals surface area contributed by atoms with Crippen LogP contribution in [0.3, 0.4) is 0 Å². The highest BCUT2D eigenvalue weighted by Gasteiger charge is 2.27. The third-order valence-electron chi connectivity index (χ3n) is 3.74. The van der Waals surface area contributed by atoms with E-state index >= 15 is 0 Å². The number of aryl methyl sites for hydroxylation is 1. The molecule has 130 valence electrons. The Morgan fingerprint density at radius 3 is 2.62 bits per heavy atom. The van der Waals surface area contributed by atoms with Gasteiger partial charge in [0.2, 0.25) is 0 Å². The van der Waals surface area contributed by atoms with Crippen LogP contribution in [0.15, 0.2) is 36.5 Å². The second kappa shape index (κ2) is 8.26. The van der Waals surface area contributed by atoms with E-state index in [0.29, 0.717) is 12.8 Å². The molecule has 1 heterocycles. The number of aliphatic hydroxyl groups excluding tert-OH is 1. The normalized spacial score (nSPS) is 12.7. The molecule has 0 aliphatic carbocycles. The first-order chi connectivity index (χ1) is 11.4. The summed E-state index contributed by atoms with van der Waals surface area (Å²) < 4.78 is 0. The molecule has 0 aliphatic rings. The van der Waals surface area contributed by atoms with Gasteiger partial charge in [-0.15, -0.1) is 11.3 Å². The molecule has 1 atom stereocenters. The smallest absolute Gasteiger partial charge is 0.316 e. The molecule has 5 nitrogen and oxygen atoms in total. The van der Waals surface area contributed by atoms with Crippen LogP contribution in [0.5, 0.6) is 0 Å². The Labute approximate surface area is 147 Å². The fourth-order valence-corrected chi connectivity index (χ4v) is 3.30. The lowest BCUT2D eigenvalue weighted by molar-refractivity contribution is 0.222. The zero-order chi connectivity index (χ0) is 17.6. The fourth-order valence-electron chi connectivity index (χ4n) is 2.48. The zero-order valence-electron chi connectivity index (χ0n) is 14.4. The van der Waals surface area contributed by atoms with Crippen LogP contribution in [-0.4, -0.2) is 22.7 Å². The van der Waals surface area contributed by atoms with Crippen LogP contribution >= 0.6 is 11.3 Å². The summed E-state index contributed by atoms with van der Waals surface area (Å²) in [6.07, 6.45) is 3.13. The molecule has 0 aliphatic heterocycles. The number of carbonyl (C=O) groups excluding carboxylic acids is 1. The number of thiazole rings is 1. The van der Waals surface area contributed by atoms with Crippen molar-refractivity contribution >= 4 is 17.4 Å². The van der Waals surface area contributed by atoms with Gasteiger partial charge in [-0.25, -0.2) is 9.78 Å². The highest BCUT2D eigenvalue weighted by molar-refractivity contribution is 7.11. The van der Waals surface area contributed by atoms with Crippen LogP contribution in [0.4, 0.5) is 4.79 Å². The second-order valence-electron chi connectivity index (χ2n) is 6.33. The molecule has 1 aromatic carbocycles. The predicted molar refractivity (Wildman–Crippen MR) is 97.0 cm³/mol. The minimum absolute atomic E-state index is 0.108. The number of hydrogen-bond donors (Lipinski definition) is 3. The Hall–Kier alpha value is -1.92. The standard InChI is InChI=1S/C18H25N3O2S/c1-13-12-19-16(24-13)18(2,3)21-17(23)20-15(10-7-11-22)14-8-5-4-6-9-14/h4-6,8-9,12,15,22H,7,10-11H2,1-3H3,(H2,20,21,23). The van der Waals surface area contributed by atoms with E-state index in [1.807, 2.05) is 57.3 Å². The molecule has 0 fully saturated rings. The quantitative estimate of drug-likeness (QED) is 0.717. The van der Waals surface area contributed by atoms with Gasteiger partial charge < -0.3 is 15.7 Å². The van der Waals surface area contributed by atoms with Crippen LogP contribution < -0.4 is 10.6 Å². The fraction of sp³-hybridized carbons (Fsp3) is 0.444. The van der Waals surface area contributed by atoms with Crippen LogP contribution in [0.2, 0.25) is 0 Å². The first-order valence-corrected chi connectivity index (χ1v) is 8.91. The van der Waals surface area contributed by atoms with Crippen molar-refractivity contribution < 1.29 is 9.90 Å². The van der Waals surface area contributed by atoms with E-state index in [1.165, 1.54) is 0 Å². The monoisotopic (exact) mass is 347 g/mol. The molecule has 2 aromatic rings. The van der Waals surface area contributed by atoms with Crippen molar-refractivity contribution in [3.8, 4) is 0 Å². The van der Waals surface area contributed by atoms with Gasteiger partial charge in [-0.3, -0.25) is 0 Å². The summed E-state index contributed by atoms with van der Waals surface area (Å²) in [5, 5.41) is 16.0. The van der Waals surface area contributed by atoms with Gasteiger partial charge in [-0.05, 0) is 39.2 Å². The highest BCUT2D eigenvalue weighted by atomic mass is 32.1. The number of aliphatic hydroxyl groups is 1. The number of benzene rings is 1. The van der Waals surface area contributed by atoms with Gasteiger partial charge in [-0.1, -0.05) is 30.3 Å². The molecule has 2 rings (SSSR count). The predicted octanol–water partition coefficient (Wildman–Crippen LogP) is 3.50. The Kier molecular flexibility index (Phi) is 6.34. The van der Waals surface area contributed by atoms with Crippen molar-refractivity contribution in [2.45, 2.75) is 45.2 Å². The molecular weight excluding hydrogens is 322 g/mol. The van der Waals surface area contributed by atoms with Gasteiger partial charge in [0.05, 0.1) is 11.6 Å². The van der Waals surface area contributed by atoms with Crippen molar-refractivity contribution in [2.24, 2.45) is 0 Å². The molecule has 0 radical (unpaired) electrons. The van der Waals surface area contributed by atoms with Crippen LogP contribution in [-0.2, 0) is 5.54 Å². The van der Waals surface area contributed by atoms with Crippen molar-refractivity contribution in [2.75, 3.05) is 6.61 Å². The van der Waals surface area contributed by atoms with E-state index in [4.69, 9.17) is 5.11 Å². The largest absolute Gasteiger partial charge is 0.396 e. The summed E-state index contributed by atoms with van der Waals surface area (Å²) in [5.41, 5.74) is 0.491. The molecule has 0 bridgehead atoms. The van der Waals surface area contributed by atoms with Gasteiger partial charge in [0.25, 0.3) is 0 Å². The summed E-state index contributed by atoms with van der Waals surface area (Å²) >= 11 is 1.58. The number of amides is 2. The topological polar surface area (TPSA) is 74.2 Å². The number of urea groups is 1. The Balaban J connectivity index is 2.04. The lowest BCUT2D eigenvalue weighted by atomic mass is 10.0. The molecule has 1 aromatic heterocycles. The van der Waals surface area contributed by atoms with Crippen LogP contribution in [0.25, 0.3) is 0 Å². The van der Waals surface area contributed by atoms with E-state index in [9.17, 15) is 4.79 Å². The molecule has 1 unspecified atom stereocenters. The number of carbonyl (C=O) groups is 1. The lowest BCUT2D eigenvalue weighted by Gasteiger charge is -2.26. The van der Waals surface area contributed by atoms with E-state index < -0.39 is 5.54 Å². The van der Waals surface area contributed by atoms with Crippen LogP contribution in [0.1, 0.15) is 48.2 Å². The SMILES string of the molecule is Cc1cnc(C(C)(C)NC(=O)NC(CCCO)c2ccccc2)s1. The summed E-state index contributed by atoms with van der Waals surface area (Å²) in [6.45, 7) is 5.99. The molecular formula is C18H25N3O2S. The van der Waals surface area contributed by atoms with Crippen molar-refractivity contribution in [1.82, 2.24) is 15.6 Å². The molecule has 0 spiro atoms. The Bertz CT molecular complexity index is 655. The number of aromatic nitrogens is 1. The summed E-state index contributed by atoms with van der Waals surface area (Å²) in [7, 11) is 0. The summed E-state index contributed by atoms with van der Waals surface area (Å²) in [5.74, 6) is 0. The average molecular weight is 347 g/mol. The van der Waals surface area contributed by atoms with Crippen molar-refractivity contribution in [3.63, 3.8) is 0 Å². The maximum absolute atomic E-state index is 12.5. The maximum Gasteiger partial charge on any atom is 0.316 e. The van der Waals surface area contributed by atoms with Gasteiger partial charge in [0.1, 0.15) is 5.01 Å². The van der Waals surface area contributed by atoms with E-state index in [0.717, 1.165) is 15.4 Å². The summed E-state index contributed by atoms with van der Waals surface area (Å²) in [4.78, 5) is 18.0. The average Bonchev–Trinajstić information content (AvgIpc) is 2.99. The highest BCUT2D eigenvalue weighted by Crippen LogP contribution is 2.25. The molecule has 0 saturated carbocycles. The van der Waals surface area contributed by atoms with Gasteiger partial charge in [-0.2, -0.15) is 0 Å². The van der Waals surface area contributed by atoms with Crippen molar-refractivity contribution in [3.05, 3.63) is 52.0 Å². The zero-order valence-corrected chi connectivity index (χ0v) is 15.2. The third-order valence-corrected chi connectivity index (χ3v) is 4.98. The van der Waals surface area contributed by atoms with E-state index in [2.05, 4.69) is 15.6 Å². The minimum Gasteiger partial charge on any atom is -0.396 e. The van der Waals surface area contributed by atoms with Gasteiger partial charge in [0.15, 0.2) is 0 Å². The van der Waals surface area contributed by atoms with Gasteiger partial charge in [0, 0.05) is 17.7 Å². The maximum atomic E-state index is 12.5. The molecule has 6 heteroatoms. The van der Waals surface area contributed by atoms with Crippen molar-refractivity contribution in [1.29, 1.82) is 0 Å². The van der Waals surface area contributed by atoms with E-state index in [-0.39, 0.29) is 18.7 Å². The van der Waals surface area contributed by atoms with E-state index in [1.54, 1.807) is 11.3 Å². The molecule has 2 amide bonds. The second-order valence-corrected chi connectivity index (χ2v) is 7.56. The Morgan fingerprint density at radius 2 is 2.04 bits per heavy atom. The number of rotatable bonds is 7. The Morgan fingerprint density at radius 1 is 1.33 bits per heavy atom. The number of nitrogens with one attached hydrogen (secondary N) is 2. The first-order valence-electron chi connectivity index (χ1n) is 8.10. The molecule has 0 saturated heterocycles. The van der Waals surface area contributed by atoms with Gasteiger partial charge >= 0.3 is 6.03 Å².